The van der Waals surface area contributed by atoms with Crippen LogP contribution in [0.2, 0.25) is 10.0 Å². The zero-order valence-electron chi connectivity index (χ0n) is 12.8. The minimum absolute atomic E-state index is 0.0263. The van der Waals surface area contributed by atoms with Crippen LogP contribution in [0, 0.1) is 0 Å². The molecule has 0 saturated heterocycles. The van der Waals surface area contributed by atoms with E-state index in [4.69, 9.17) is 27.9 Å². The van der Waals surface area contributed by atoms with E-state index >= 15 is 0 Å². The number of ether oxygens (including phenoxy) is 1. The van der Waals surface area contributed by atoms with E-state index in [1.54, 1.807) is 6.92 Å². The van der Waals surface area contributed by atoms with Gasteiger partial charge in [0.05, 0.1) is 22.1 Å². The molecule has 2 aromatic rings. The Labute approximate surface area is 150 Å². The molecule has 8 heteroatoms. The molecule has 128 valence electrons. The number of hydrogen-bond acceptors (Lipinski definition) is 5. The molecule has 0 aliphatic carbocycles. The summed E-state index contributed by atoms with van der Waals surface area (Å²) in [4.78, 5) is 11.5. The number of sulfone groups is 1. The summed E-state index contributed by atoms with van der Waals surface area (Å²) >= 11 is 11.7. The number of benzene rings is 2. The molecular weight excluding hydrogens is 373 g/mol. The van der Waals surface area contributed by atoms with Crippen LogP contribution < -0.4 is 5.32 Å². The van der Waals surface area contributed by atoms with Gasteiger partial charge in [-0.15, -0.1) is 0 Å². The van der Waals surface area contributed by atoms with Gasteiger partial charge >= 0.3 is 5.97 Å². The third-order valence-electron chi connectivity index (χ3n) is 3.09. The molecule has 0 saturated carbocycles. The second kappa shape index (κ2) is 7.88. The first kappa shape index (κ1) is 18.6. The Bertz CT molecular complexity index is 836. The van der Waals surface area contributed by atoms with E-state index in [0.29, 0.717) is 5.02 Å². The molecule has 0 amide bonds. The van der Waals surface area contributed by atoms with Crippen molar-refractivity contribution < 1.29 is 17.9 Å². The molecule has 0 heterocycles. The third kappa shape index (κ3) is 4.41. The van der Waals surface area contributed by atoms with Gasteiger partial charge in [-0.2, -0.15) is 0 Å². The first-order valence-corrected chi connectivity index (χ1v) is 9.28. The number of hydrogen-bond donors (Lipinski definition) is 1. The van der Waals surface area contributed by atoms with Crippen molar-refractivity contribution in [3.8, 4) is 0 Å². The summed E-state index contributed by atoms with van der Waals surface area (Å²) in [7, 11) is -3.83. The average molecular weight is 388 g/mol. The highest BCUT2D eigenvalue weighted by molar-refractivity contribution is 7.91. The molecule has 0 aliphatic rings. The molecule has 0 bridgehead atoms. The fourth-order valence-electron chi connectivity index (χ4n) is 1.98. The van der Waals surface area contributed by atoms with Gasteiger partial charge in [0.15, 0.2) is 0 Å². The predicted octanol–water partition coefficient (Wildman–Crippen LogP) is 3.80. The summed E-state index contributed by atoms with van der Waals surface area (Å²) in [6, 6.07) is 10.2. The Morgan fingerprint density at radius 1 is 1.08 bits per heavy atom. The van der Waals surface area contributed by atoms with E-state index < -0.39 is 15.8 Å². The smallest absolute Gasteiger partial charge is 0.325 e. The zero-order chi connectivity index (χ0) is 17.7. The van der Waals surface area contributed by atoms with E-state index in [-0.39, 0.29) is 33.7 Å². The minimum Gasteiger partial charge on any atom is -0.465 e. The monoisotopic (exact) mass is 387 g/mol. The van der Waals surface area contributed by atoms with E-state index in [1.165, 1.54) is 42.5 Å². The summed E-state index contributed by atoms with van der Waals surface area (Å²) in [6.45, 7) is 1.78. The maximum absolute atomic E-state index is 12.8. The van der Waals surface area contributed by atoms with E-state index in [2.05, 4.69) is 5.32 Å². The third-order valence-corrected chi connectivity index (χ3v) is 5.38. The number of nitrogens with one attached hydrogen (secondary N) is 1. The van der Waals surface area contributed by atoms with Crippen molar-refractivity contribution in [3.05, 3.63) is 52.5 Å². The largest absolute Gasteiger partial charge is 0.465 e. The van der Waals surface area contributed by atoms with Gasteiger partial charge in [0, 0.05) is 10.0 Å². The standard InChI is InChI=1S/C16H15Cl2NO4S/c1-2-23-16(20)10-19-14-8-5-12(18)9-15(14)24(21,22)13-6-3-11(17)4-7-13/h3-9,19H,2,10H2,1H3. The van der Waals surface area contributed by atoms with Gasteiger partial charge in [0.25, 0.3) is 0 Å². The molecule has 24 heavy (non-hydrogen) atoms. The SMILES string of the molecule is CCOC(=O)CNc1ccc(Cl)cc1S(=O)(=O)c1ccc(Cl)cc1. The van der Waals surface area contributed by atoms with Crippen molar-refractivity contribution in [2.45, 2.75) is 16.7 Å². The highest BCUT2D eigenvalue weighted by Crippen LogP contribution is 2.30. The van der Waals surface area contributed by atoms with Gasteiger partial charge in [-0.1, -0.05) is 23.2 Å². The Morgan fingerprint density at radius 2 is 1.71 bits per heavy atom. The molecule has 1 N–H and O–H groups in total. The summed E-state index contributed by atoms with van der Waals surface area (Å²) in [5.74, 6) is -0.484. The number of halogens is 2. The van der Waals surface area contributed by atoms with E-state index in [1.807, 2.05) is 0 Å². The van der Waals surface area contributed by atoms with Crippen LogP contribution in [-0.2, 0) is 19.4 Å². The van der Waals surface area contributed by atoms with E-state index in [9.17, 15) is 13.2 Å². The van der Waals surface area contributed by atoms with Crippen LogP contribution in [0.1, 0.15) is 6.92 Å². The molecule has 0 unspecified atom stereocenters. The van der Waals surface area contributed by atoms with Gasteiger partial charge in [0.2, 0.25) is 9.84 Å². The van der Waals surface area contributed by atoms with E-state index in [0.717, 1.165) is 0 Å². The molecule has 0 aliphatic heterocycles. The van der Waals surface area contributed by atoms with Crippen LogP contribution in [0.5, 0.6) is 0 Å². The van der Waals surface area contributed by atoms with Gasteiger partial charge in [-0.3, -0.25) is 4.79 Å². The lowest BCUT2D eigenvalue weighted by Gasteiger charge is -2.13. The molecule has 0 atom stereocenters. The lowest BCUT2D eigenvalue weighted by Crippen LogP contribution is -2.18. The predicted molar refractivity (Wildman–Crippen MR) is 93.5 cm³/mol. The lowest BCUT2D eigenvalue weighted by atomic mass is 10.3. The minimum atomic E-state index is -3.83. The summed E-state index contributed by atoms with van der Waals surface area (Å²) in [6.07, 6.45) is 0. The summed E-state index contributed by atoms with van der Waals surface area (Å²) in [5.41, 5.74) is 0.266. The maximum Gasteiger partial charge on any atom is 0.325 e. The highest BCUT2D eigenvalue weighted by atomic mass is 35.5. The normalized spacial score (nSPS) is 11.1. The second-order valence-electron chi connectivity index (χ2n) is 4.76. The van der Waals surface area contributed by atoms with Gasteiger partial charge in [-0.25, -0.2) is 8.42 Å². The fraction of sp³-hybridized carbons (Fsp3) is 0.188. The van der Waals surface area contributed by atoms with Crippen molar-refractivity contribution in [2.75, 3.05) is 18.5 Å². The van der Waals surface area contributed by atoms with Crippen molar-refractivity contribution >= 4 is 44.7 Å². The fourth-order valence-corrected chi connectivity index (χ4v) is 3.81. The Balaban J connectivity index is 2.39. The lowest BCUT2D eigenvalue weighted by molar-refractivity contribution is -0.140. The van der Waals surface area contributed by atoms with Gasteiger partial charge < -0.3 is 10.1 Å². The van der Waals surface area contributed by atoms with Crippen LogP contribution in [0.25, 0.3) is 0 Å². The first-order valence-electron chi connectivity index (χ1n) is 7.04. The van der Waals surface area contributed by atoms with Crippen molar-refractivity contribution in [3.63, 3.8) is 0 Å². The molecular formula is C16H15Cl2NO4S. The Hall–Kier alpha value is -1.76. The van der Waals surface area contributed by atoms with Crippen LogP contribution in [-0.4, -0.2) is 27.5 Å². The number of anilines is 1. The van der Waals surface area contributed by atoms with Gasteiger partial charge in [0.1, 0.15) is 6.54 Å². The Kier molecular flexibility index (Phi) is 6.10. The zero-order valence-corrected chi connectivity index (χ0v) is 15.1. The van der Waals surface area contributed by atoms with Crippen LogP contribution >= 0.6 is 23.2 Å². The molecule has 0 spiro atoms. The number of carbonyl (C=O) groups excluding carboxylic acids is 1. The van der Waals surface area contributed by atoms with Crippen molar-refractivity contribution in [1.29, 1.82) is 0 Å². The first-order chi connectivity index (χ1) is 11.3. The van der Waals surface area contributed by atoms with Crippen LogP contribution in [0.3, 0.4) is 0 Å². The Morgan fingerprint density at radius 3 is 2.33 bits per heavy atom. The van der Waals surface area contributed by atoms with Crippen molar-refractivity contribution in [1.82, 2.24) is 0 Å². The van der Waals surface area contributed by atoms with Gasteiger partial charge in [-0.05, 0) is 49.4 Å². The summed E-state index contributed by atoms with van der Waals surface area (Å²) < 4.78 is 30.5. The molecule has 0 aromatic heterocycles. The molecule has 0 fully saturated rings. The molecule has 0 radical (unpaired) electrons. The molecule has 5 nitrogen and oxygen atoms in total. The summed E-state index contributed by atoms with van der Waals surface area (Å²) in [5, 5.41) is 3.47. The second-order valence-corrected chi connectivity index (χ2v) is 7.55. The number of rotatable bonds is 6. The molecule has 2 rings (SSSR count). The number of carbonyl (C=O) groups is 1. The maximum atomic E-state index is 12.8. The number of esters is 1. The average Bonchev–Trinajstić information content (AvgIpc) is 2.54. The quantitative estimate of drug-likeness (QED) is 0.763. The van der Waals surface area contributed by atoms with Crippen LogP contribution in [0.4, 0.5) is 5.69 Å². The van der Waals surface area contributed by atoms with Crippen LogP contribution in [0.15, 0.2) is 52.3 Å². The highest BCUT2D eigenvalue weighted by Gasteiger charge is 2.22. The molecule has 2 aromatic carbocycles. The topological polar surface area (TPSA) is 72.5 Å². The van der Waals surface area contributed by atoms with Crippen molar-refractivity contribution in [2.24, 2.45) is 0 Å².